The summed E-state index contributed by atoms with van der Waals surface area (Å²) >= 11 is 6.04. The number of sulfonamides is 1. The van der Waals surface area contributed by atoms with Gasteiger partial charge in [-0.3, -0.25) is 4.79 Å². The molecule has 0 saturated carbocycles. The first-order chi connectivity index (χ1) is 16.3. The molecule has 1 heterocycles. The van der Waals surface area contributed by atoms with Crippen molar-refractivity contribution in [2.75, 3.05) is 39.2 Å². The Bertz CT molecular complexity index is 1150. The fourth-order valence-corrected chi connectivity index (χ4v) is 5.54. The summed E-state index contributed by atoms with van der Waals surface area (Å²) in [5, 5.41) is 2.88. The van der Waals surface area contributed by atoms with Crippen molar-refractivity contribution < 1.29 is 32.2 Å². The molecule has 0 spiro atoms. The summed E-state index contributed by atoms with van der Waals surface area (Å²) in [5.74, 6) is -0.829. The molecular formula is C23H27ClN2O7S. The van der Waals surface area contributed by atoms with Gasteiger partial charge in [0.25, 0.3) is 5.91 Å². The van der Waals surface area contributed by atoms with E-state index in [4.69, 9.17) is 25.8 Å². The number of methoxy groups -OCH3 is 2. The van der Waals surface area contributed by atoms with Gasteiger partial charge in [-0.1, -0.05) is 24.4 Å². The number of carbonyl (C=O) groups is 2. The maximum Gasteiger partial charge on any atom is 0.338 e. The summed E-state index contributed by atoms with van der Waals surface area (Å²) < 4.78 is 43.3. The second-order valence-corrected chi connectivity index (χ2v) is 9.97. The fraction of sp³-hybridized carbons (Fsp3) is 0.391. The molecule has 34 heavy (non-hydrogen) atoms. The Labute approximate surface area is 204 Å². The van der Waals surface area contributed by atoms with Crippen LogP contribution in [0.15, 0.2) is 41.3 Å². The van der Waals surface area contributed by atoms with Crippen molar-refractivity contribution in [2.24, 2.45) is 0 Å². The molecule has 2 aromatic carbocycles. The smallest absolute Gasteiger partial charge is 0.338 e. The van der Waals surface area contributed by atoms with Crippen LogP contribution in [-0.4, -0.2) is 58.5 Å². The van der Waals surface area contributed by atoms with Crippen LogP contribution in [0.2, 0.25) is 5.02 Å². The number of carbonyl (C=O) groups excluding carboxylic acids is 2. The Hall–Kier alpha value is -2.82. The van der Waals surface area contributed by atoms with Crippen LogP contribution in [0, 0.1) is 0 Å². The molecule has 0 atom stereocenters. The number of ether oxygens (including phenoxy) is 3. The Balaban J connectivity index is 1.70. The number of rotatable bonds is 8. The van der Waals surface area contributed by atoms with Gasteiger partial charge in [-0.2, -0.15) is 4.31 Å². The molecule has 9 nitrogen and oxygen atoms in total. The maximum absolute atomic E-state index is 13.2. The van der Waals surface area contributed by atoms with E-state index in [0.717, 1.165) is 25.7 Å². The average Bonchev–Trinajstić information content (AvgIpc) is 3.12. The van der Waals surface area contributed by atoms with Crippen molar-refractivity contribution >= 4 is 39.2 Å². The van der Waals surface area contributed by atoms with Gasteiger partial charge in [-0.15, -0.1) is 0 Å². The van der Waals surface area contributed by atoms with Crippen LogP contribution < -0.4 is 14.8 Å². The van der Waals surface area contributed by atoms with E-state index in [1.165, 1.54) is 42.8 Å². The van der Waals surface area contributed by atoms with Gasteiger partial charge < -0.3 is 19.5 Å². The second-order valence-electron chi connectivity index (χ2n) is 7.66. The molecule has 0 bridgehead atoms. The first-order valence-electron chi connectivity index (χ1n) is 10.7. The molecule has 184 valence electrons. The lowest BCUT2D eigenvalue weighted by Crippen LogP contribution is -2.32. The third-order valence-corrected chi connectivity index (χ3v) is 7.57. The predicted octanol–water partition coefficient (Wildman–Crippen LogP) is 3.72. The highest BCUT2D eigenvalue weighted by Crippen LogP contribution is 2.30. The molecule has 1 N–H and O–H groups in total. The SMILES string of the molecule is COc1ccc(NC(=O)COC(=O)c2ccc(OC)c(S(=O)(=O)N3CCCCCC3)c2)cc1Cl. The number of anilines is 1. The van der Waals surface area contributed by atoms with E-state index in [9.17, 15) is 18.0 Å². The minimum absolute atomic E-state index is 0.00510. The quantitative estimate of drug-likeness (QED) is 0.539. The predicted molar refractivity (Wildman–Crippen MR) is 127 cm³/mol. The Morgan fingerprint density at radius 2 is 1.62 bits per heavy atom. The van der Waals surface area contributed by atoms with Crippen LogP contribution in [0.5, 0.6) is 11.5 Å². The van der Waals surface area contributed by atoms with Gasteiger partial charge >= 0.3 is 5.97 Å². The van der Waals surface area contributed by atoms with Crippen LogP contribution in [0.3, 0.4) is 0 Å². The minimum Gasteiger partial charge on any atom is -0.495 e. The lowest BCUT2D eigenvalue weighted by atomic mass is 10.2. The molecule has 0 aliphatic carbocycles. The van der Waals surface area contributed by atoms with Crippen LogP contribution in [0.25, 0.3) is 0 Å². The van der Waals surface area contributed by atoms with E-state index in [2.05, 4.69) is 5.32 Å². The molecule has 0 aromatic heterocycles. The van der Waals surface area contributed by atoms with Crippen molar-refractivity contribution in [3.63, 3.8) is 0 Å². The zero-order valence-electron chi connectivity index (χ0n) is 19.0. The summed E-state index contributed by atoms with van der Waals surface area (Å²) in [6, 6.07) is 8.71. The summed E-state index contributed by atoms with van der Waals surface area (Å²) in [6.07, 6.45) is 3.50. The van der Waals surface area contributed by atoms with Crippen molar-refractivity contribution in [1.29, 1.82) is 0 Å². The van der Waals surface area contributed by atoms with Gasteiger partial charge in [-0.05, 0) is 49.2 Å². The molecule has 1 saturated heterocycles. The number of hydrogen-bond acceptors (Lipinski definition) is 7. The fourth-order valence-electron chi connectivity index (χ4n) is 3.58. The van der Waals surface area contributed by atoms with Gasteiger partial charge in [0.2, 0.25) is 10.0 Å². The van der Waals surface area contributed by atoms with E-state index < -0.39 is 28.5 Å². The molecule has 11 heteroatoms. The summed E-state index contributed by atoms with van der Waals surface area (Å²) in [5.41, 5.74) is 0.400. The molecular weight excluding hydrogens is 484 g/mol. The molecule has 2 aromatic rings. The van der Waals surface area contributed by atoms with Gasteiger partial charge in [0.1, 0.15) is 16.4 Å². The number of esters is 1. The van der Waals surface area contributed by atoms with Gasteiger partial charge in [0.15, 0.2) is 6.61 Å². The van der Waals surface area contributed by atoms with Crippen molar-refractivity contribution in [3.8, 4) is 11.5 Å². The van der Waals surface area contributed by atoms with E-state index in [-0.39, 0.29) is 16.2 Å². The molecule has 0 unspecified atom stereocenters. The third kappa shape index (κ3) is 6.19. The number of nitrogens with one attached hydrogen (secondary N) is 1. The zero-order chi connectivity index (χ0) is 24.7. The first kappa shape index (κ1) is 25.8. The number of benzene rings is 2. The van der Waals surface area contributed by atoms with E-state index in [1.54, 1.807) is 12.1 Å². The normalized spacial score (nSPS) is 14.7. The number of nitrogens with zero attached hydrogens (tertiary/aromatic N) is 1. The summed E-state index contributed by atoms with van der Waals surface area (Å²) in [4.78, 5) is 24.6. The maximum atomic E-state index is 13.2. The lowest BCUT2D eigenvalue weighted by Gasteiger charge is -2.21. The molecule has 3 rings (SSSR count). The largest absolute Gasteiger partial charge is 0.495 e. The van der Waals surface area contributed by atoms with Crippen LogP contribution >= 0.6 is 11.6 Å². The zero-order valence-corrected chi connectivity index (χ0v) is 20.6. The third-order valence-electron chi connectivity index (χ3n) is 5.35. The molecule has 1 fully saturated rings. The van der Waals surface area contributed by atoms with Crippen molar-refractivity contribution in [1.82, 2.24) is 4.31 Å². The number of hydrogen-bond donors (Lipinski definition) is 1. The van der Waals surface area contributed by atoms with Crippen LogP contribution in [0.4, 0.5) is 5.69 Å². The monoisotopic (exact) mass is 510 g/mol. The van der Waals surface area contributed by atoms with E-state index in [0.29, 0.717) is 29.5 Å². The molecule has 1 aliphatic heterocycles. The topological polar surface area (TPSA) is 111 Å². The van der Waals surface area contributed by atoms with Crippen molar-refractivity contribution in [3.05, 3.63) is 47.0 Å². The van der Waals surface area contributed by atoms with Crippen LogP contribution in [-0.2, 0) is 19.6 Å². The lowest BCUT2D eigenvalue weighted by molar-refractivity contribution is -0.119. The minimum atomic E-state index is -3.87. The number of amides is 1. The van der Waals surface area contributed by atoms with E-state index >= 15 is 0 Å². The summed E-state index contributed by atoms with van der Waals surface area (Å²) in [6.45, 7) is 0.258. The van der Waals surface area contributed by atoms with Gasteiger partial charge in [0.05, 0.1) is 24.8 Å². The van der Waals surface area contributed by atoms with Crippen molar-refractivity contribution in [2.45, 2.75) is 30.6 Å². The highest BCUT2D eigenvalue weighted by molar-refractivity contribution is 7.89. The molecule has 1 aliphatic rings. The Kier molecular flexibility index (Phi) is 8.76. The van der Waals surface area contributed by atoms with Gasteiger partial charge in [0, 0.05) is 18.8 Å². The number of halogens is 1. The Morgan fingerprint density at radius 3 is 2.24 bits per heavy atom. The average molecular weight is 511 g/mol. The summed E-state index contributed by atoms with van der Waals surface area (Å²) in [7, 11) is -1.03. The van der Waals surface area contributed by atoms with Gasteiger partial charge in [-0.25, -0.2) is 13.2 Å². The Morgan fingerprint density at radius 1 is 0.971 bits per heavy atom. The van der Waals surface area contributed by atoms with E-state index in [1.807, 2.05) is 0 Å². The highest BCUT2D eigenvalue weighted by atomic mass is 35.5. The molecule has 1 amide bonds. The second kappa shape index (κ2) is 11.5. The first-order valence-corrected chi connectivity index (χ1v) is 12.6. The molecule has 0 radical (unpaired) electrons. The van der Waals surface area contributed by atoms with Crippen LogP contribution in [0.1, 0.15) is 36.0 Å². The standard InChI is InChI=1S/C23H27ClN2O7S/c1-31-19-10-8-17(14-18(19)24)25-22(27)15-33-23(28)16-7-9-20(32-2)21(13-16)34(29,30)26-11-5-3-4-6-12-26/h7-10,13-14H,3-6,11-12,15H2,1-2H3,(H,25,27). The highest BCUT2D eigenvalue weighted by Gasteiger charge is 2.29.